The molecule has 1 heterocycles. The van der Waals surface area contributed by atoms with E-state index < -0.39 is 0 Å². The Morgan fingerprint density at radius 3 is 2.25 bits per heavy atom. The zero-order chi connectivity index (χ0) is 19.7. The zero-order valence-corrected chi connectivity index (χ0v) is 15.7. The molecule has 0 bridgehead atoms. The van der Waals surface area contributed by atoms with Gasteiger partial charge in [0.1, 0.15) is 5.75 Å². The molecule has 2 aromatic carbocycles. The van der Waals surface area contributed by atoms with E-state index in [4.69, 9.17) is 4.74 Å². The minimum atomic E-state index is -0.288. The Morgan fingerprint density at radius 2 is 1.64 bits per heavy atom. The van der Waals surface area contributed by atoms with Crippen LogP contribution >= 0.6 is 0 Å². The molecule has 1 aliphatic heterocycles. The van der Waals surface area contributed by atoms with E-state index in [1.54, 1.807) is 42.5 Å². The molecule has 1 saturated carbocycles. The highest BCUT2D eigenvalue weighted by atomic mass is 16.5. The molecule has 3 amide bonds. The second kappa shape index (κ2) is 7.46. The summed E-state index contributed by atoms with van der Waals surface area (Å²) in [5.41, 5.74) is 1.40. The number of ether oxygens (including phenoxy) is 1. The third kappa shape index (κ3) is 3.15. The Labute approximate surface area is 163 Å². The van der Waals surface area contributed by atoms with E-state index in [0.717, 1.165) is 25.7 Å². The largest absolute Gasteiger partial charge is 0.495 e. The molecule has 1 aliphatic carbocycles. The van der Waals surface area contributed by atoms with Crippen LogP contribution < -0.4 is 15.0 Å². The van der Waals surface area contributed by atoms with Crippen LogP contribution in [-0.2, 0) is 9.59 Å². The number of nitrogens with zero attached hydrogens (tertiary/aromatic N) is 1. The van der Waals surface area contributed by atoms with Crippen molar-refractivity contribution in [1.29, 1.82) is 0 Å². The topological polar surface area (TPSA) is 75.7 Å². The number of methoxy groups -OCH3 is 1. The van der Waals surface area contributed by atoms with Crippen LogP contribution in [0.3, 0.4) is 0 Å². The lowest BCUT2D eigenvalue weighted by Gasteiger charge is -2.19. The van der Waals surface area contributed by atoms with Gasteiger partial charge in [0.05, 0.1) is 30.3 Å². The number of hydrogen-bond donors (Lipinski definition) is 1. The summed E-state index contributed by atoms with van der Waals surface area (Å²) in [5.74, 6) is -0.537. The van der Waals surface area contributed by atoms with Crippen molar-refractivity contribution in [1.82, 2.24) is 0 Å². The predicted molar refractivity (Wildman–Crippen MR) is 105 cm³/mol. The maximum Gasteiger partial charge on any atom is 0.255 e. The third-order valence-corrected chi connectivity index (χ3v) is 5.57. The average molecular weight is 378 g/mol. The monoisotopic (exact) mass is 378 g/mol. The summed E-state index contributed by atoms with van der Waals surface area (Å²) in [7, 11) is 1.51. The molecular weight excluding hydrogens is 356 g/mol. The van der Waals surface area contributed by atoms with Crippen molar-refractivity contribution in [3.63, 3.8) is 0 Å². The highest BCUT2D eigenvalue weighted by Gasteiger charge is 2.48. The number of rotatable bonds is 4. The summed E-state index contributed by atoms with van der Waals surface area (Å²) in [6.45, 7) is 0. The van der Waals surface area contributed by atoms with E-state index in [-0.39, 0.29) is 29.6 Å². The molecule has 28 heavy (non-hydrogen) atoms. The summed E-state index contributed by atoms with van der Waals surface area (Å²) in [6.07, 6.45) is 3.49. The molecule has 0 unspecified atom stereocenters. The Hall–Kier alpha value is -3.15. The van der Waals surface area contributed by atoms with Crippen molar-refractivity contribution in [3.05, 3.63) is 54.1 Å². The maximum atomic E-state index is 12.8. The first-order valence-electron chi connectivity index (χ1n) is 9.52. The average Bonchev–Trinajstić information content (AvgIpc) is 2.99. The van der Waals surface area contributed by atoms with Gasteiger partial charge in [-0.1, -0.05) is 31.0 Å². The molecule has 2 atom stereocenters. The number of anilines is 2. The van der Waals surface area contributed by atoms with Crippen molar-refractivity contribution in [2.75, 3.05) is 17.3 Å². The summed E-state index contributed by atoms with van der Waals surface area (Å²) in [6, 6.07) is 13.8. The van der Waals surface area contributed by atoms with Crippen molar-refractivity contribution in [3.8, 4) is 5.75 Å². The molecule has 4 rings (SSSR count). The normalized spacial score (nSPS) is 21.4. The van der Waals surface area contributed by atoms with Gasteiger partial charge < -0.3 is 10.1 Å². The molecule has 0 spiro atoms. The van der Waals surface area contributed by atoms with Crippen LogP contribution in [0.25, 0.3) is 0 Å². The van der Waals surface area contributed by atoms with Gasteiger partial charge in [0, 0.05) is 5.56 Å². The van der Waals surface area contributed by atoms with E-state index in [2.05, 4.69) is 5.32 Å². The van der Waals surface area contributed by atoms with Crippen LogP contribution in [0.1, 0.15) is 36.0 Å². The van der Waals surface area contributed by atoms with Crippen molar-refractivity contribution < 1.29 is 19.1 Å². The summed E-state index contributed by atoms with van der Waals surface area (Å²) in [5, 5.41) is 2.82. The number of benzene rings is 2. The lowest BCUT2D eigenvalue weighted by molar-refractivity contribution is -0.122. The fraction of sp³-hybridized carbons (Fsp3) is 0.318. The van der Waals surface area contributed by atoms with Gasteiger partial charge in [-0.25, -0.2) is 4.90 Å². The second-order valence-corrected chi connectivity index (χ2v) is 7.21. The van der Waals surface area contributed by atoms with Crippen LogP contribution in [0.5, 0.6) is 5.75 Å². The van der Waals surface area contributed by atoms with Gasteiger partial charge in [-0.15, -0.1) is 0 Å². The number of amides is 3. The van der Waals surface area contributed by atoms with Gasteiger partial charge in [-0.2, -0.15) is 0 Å². The van der Waals surface area contributed by atoms with Crippen LogP contribution in [0.4, 0.5) is 11.4 Å². The molecule has 1 N–H and O–H groups in total. The molecule has 2 fully saturated rings. The lowest BCUT2D eigenvalue weighted by Crippen LogP contribution is -2.31. The summed E-state index contributed by atoms with van der Waals surface area (Å²) < 4.78 is 5.34. The van der Waals surface area contributed by atoms with E-state index in [1.165, 1.54) is 12.0 Å². The fourth-order valence-electron chi connectivity index (χ4n) is 4.13. The summed E-state index contributed by atoms with van der Waals surface area (Å²) in [4.78, 5) is 39.5. The number of fused-ring (bicyclic) bond motifs is 1. The van der Waals surface area contributed by atoms with E-state index in [1.807, 2.05) is 6.07 Å². The first-order chi connectivity index (χ1) is 13.6. The summed E-state index contributed by atoms with van der Waals surface area (Å²) >= 11 is 0. The van der Waals surface area contributed by atoms with Crippen LogP contribution in [0.15, 0.2) is 48.5 Å². The van der Waals surface area contributed by atoms with Crippen molar-refractivity contribution >= 4 is 29.1 Å². The third-order valence-electron chi connectivity index (χ3n) is 5.57. The van der Waals surface area contributed by atoms with Crippen molar-refractivity contribution in [2.45, 2.75) is 25.7 Å². The molecular formula is C22H22N2O4. The number of hydrogen-bond acceptors (Lipinski definition) is 4. The Balaban J connectivity index is 1.64. The van der Waals surface area contributed by atoms with Crippen LogP contribution in [0.2, 0.25) is 0 Å². The molecule has 0 radical (unpaired) electrons. The number of imide groups is 1. The molecule has 2 aliphatic rings. The van der Waals surface area contributed by atoms with E-state index >= 15 is 0 Å². The maximum absolute atomic E-state index is 12.8. The minimum absolute atomic E-state index is 0.139. The van der Waals surface area contributed by atoms with Gasteiger partial charge in [0.15, 0.2) is 0 Å². The second-order valence-electron chi connectivity index (χ2n) is 7.21. The Kier molecular flexibility index (Phi) is 4.86. The van der Waals surface area contributed by atoms with Gasteiger partial charge >= 0.3 is 0 Å². The van der Waals surface area contributed by atoms with Gasteiger partial charge in [-0.05, 0) is 43.2 Å². The first-order valence-corrected chi connectivity index (χ1v) is 9.52. The van der Waals surface area contributed by atoms with Gasteiger partial charge in [0.25, 0.3) is 5.91 Å². The lowest BCUT2D eigenvalue weighted by atomic mass is 9.81. The number of carbonyl (C=O) groups is 3. The SMILES string of the molecule is COc1ccc(N2C(=O)[C@H]3CCCC[C@H]3C2=O)cc1NC(=O)c1ccccc1. The zero-order valence-electron chi connectivity index (χ0n) is 15.7. The molecule has 2 aromatic rings. The van der Waals surface area contributed by atoms with Gasteiger partial charge in [0.2, 0.25) is 11.8 Å². The Bertz CT molecular complexity index is 901. The predicted octanol–water partition coefficient (Wildman–Crippen LogP) is 3.63. The molecule has 144 valence electrons. The van der Waals surface area contributed by atoms with Crippen LogP contribution in [-0.4, -0.2) is 24.8 Å². The molecule has 1 saturated heterocycles. The molecule has 6 heteroatoms. The number of carbonyl (C=O) groups excluding carboxylic acids is 3. The highest BCUT2D eigenvalue weighted by Crippen LogP contribution is 2.41. The quantitative estimate of drug-likeness (QED) is 0.825. The fourth-order valence-corrected chi connectivity index (χ4v) is 4.13. The molecule has 6 nitrogen and oxygen atoms in total. The van der Waals surface area contributed by atoms with Crippen LogP contribution in [0, 0.1) is 11.8 Å². The van der Waals surface area contributed by atoms with E-state index in [0.29, 0.717) is 22.7 Å². The standard InChI is InChI=1S/C22H22N2O4/c1-28-19-12-11-15(13-18(19)23-20(25)14-7-3-2-4-8-14)24-21(26)16-9-5-6-10-17(16)22(24)27/h2-4,7-8,11-13,16-17H,5-6,9-10H2,1H3,(H,23,25)/t16-,17+. The van der Waals surface area contributed by atoms with E-state index in [9.17, 15) is 14.4 Å². The highest BCUT2D eigenvalue weighted by molar-refractivity contribution is 6.22. The first kappa shape index (κ1) is 18.2. The minimum Gasteiger partial charge on any atom is -0.495 e. The Morgan fingerprint density at radius 1 is 1.00 bits per heavy atom. The smallest absolute Gasteiger partial charge is 0.255 e. The van der Waals surface area contributed by atoms with Crippen molar-refractivity contribution in [2.24, 2.45) is 11.8 Å². The number of nitrogens with one attached hydrogen (secondary N) is 1. The molecule has 0 aromatic heterocycles. The van der Waals surface area contributed by atoms with Gasteiger partial charge in [-0.3, -0.25) is 14.4 Å².